The molecule has 0 aliphatic heterocycles. The molecule has 0 radical (unpaired) electrons. The predicted octanol–water partition coefficient (Wildman–Crippen LogP) is 3.35. The molecule has 1 amide bonds. The van der Waals surface area contributed by atoms with E-state index in [-0.39, 0.29) is 5.91 Å². The summed E-state index contributed by atoms with van der Waals surface area (Å²) in [6.45, 7) is 3.92. The Hall–Kier alpha value is -2.63. The van der Waals surface area contributed by atoms with Gasteiger partial charge in [0.1, 0.15) is 5.54 Å². The maximum atomic E-state index is 12.9. The van der Waals surface area contributed by atoms with Crippen LogP contribution in [-0.2, 0) is 4.79 Å². The third-order valence-electron chi connectivity index (χ3n) is 5.39. The molecular weight excluding hydrogens is 330 g/mol. The number of nitrogens with zero attached hydrogens (tertiary/aromatic N) is 3. The minimum absolute atomic E-state index is 0.255. The summed E-state index contributed by atoms with van der Waals surface area (Å²) in [6, 6.07) is 9.15. The second-order valence-corrected chi connectivity index (χ2v) is 7.15. The van der Waals surface area contributed by atoms with E-state index < -0.39 is 11.5 Å². The van der Waals surface area contributed by atoms with E-state index in [1.54, 1.807) is 19.2 Å². The van der Waals surface area contributed by atoms with Crippen LogP contribution in [0.15, 0.2) is 30.3 Å². The molecule has 1 saturated carbocycles. The SMILES string of the molecule is Cc1cc(C)n(-c2ccc(C(=O)N(C)C3(C(=O)O)CCCCC3)cc2)n1. The molecule has 0 spiro atoms. The molecule has 1 N–H and O–H groups in total. The predicted molar refractivity (Wildman–Crippen MR) is 98.6 cm³/mol. The quantitative estimate of drug-likeness (QED) is 0.912. The number of carbonyl (C=O) groups is 2. The number of aryl methyl sites for hydroxylation is 2. The number of hydrogen-bond donors (Lipinski definition) is 1. The molecule has 138 valence electrons. The Morgan fingerprint density at radius 1 is 1.12 bits per heavy atom. The molecule has 1 aromatic carbocycles. The van der Waals surface area contributed by atoms with Gasteiger partial charge in [-0.1, -0.05) is 19.3 Å². The summed E-state index contributed by atoms with van der Waals surface area (Å²) >= 11 is 0. The van der Waals surface area contributed by atoms with Crippen LogP contribution in [0, 0.1) is 13.8 Å². The van der Waals surface area contributed by atoms with Crippen LogP contribution in [0.1, 0.15) is 53.8 Å². The van der Waals surface area contributed by atoms with E-state index in [9.17, 15) is 14.7 Å². The van der Waals surface area contributed by atoms with Crippen LogP contribution in [0.25, 0.3) is 5.69 Å². The average Bonchev–Trinajstić information content (AvgIpc) is 2.99. The first-order valence-corrected chi connectivity index (χ1v) is 9.00. The van der Waals surface area contributed by atoms with Crippen LogP contribution < -0.4 is 0 Å². The first-order chi connectivity index (χ1) is 12.3. The van der Waals surface area contributed by atoms with E-state index in [1.807, 2.05) is 36.7 Å². The van der Waals surface area contributed by atoms with Gasteiger partial charge in [-0.05, 0) is 57.0 Å². The van der Waals surface area contributed by atoms with Gasteiger partial charge in [0.25, 0.3) is 5.91 Å². The molecule has 1 aliphatic carbocycles. The van der Waals surface area contributed by atoms with E-state index in [1.165, 1.54) is 4.90 Å². The minimum atomic E-state index is -1.09. The first kappa shape index (κ1) is 18.2. The normalized spacial score (nSPS) is 16.3. The molecule has 0 unspecified atom stereocenters. The van der Waals surface area contributed by atoms with E-state index in [0.29, 0.717) is 18.4 Å². The van der Waals surface area contributed by atoms with Gasteiger partial charge in [0.15, 0.2) is 0 Å². The van der Waals surface area contributed by atoms with Gasteiger partial charge < -0.3 is 10.0 Å². The van der Waals surface area contributed by atoms with Crippen molar-refractivity contribution in [3.05, 3.63) is 47.3 Å². The highest BCUT2D eigenvalue weighted by Gasteiger charge is 2.45. The largest absolute Gasteiger partial charge is 0.479 e. The van der Waals surface area contributed by atoms with Gasteiger partial charge in [-0.3, -0.25) is 4.79 Å². The van der Waals surface area contributed by atoms with Crippen LogP contribution in [0.2, 0.25) is 0 Å². The summed E-state index contributed by atoms with van der Waals surface area (Å²) in [5.74, 6) is -1.17. The zero-order valence-electron chi connectivity index (χ0n) is 15.5. The number of benzene rings is 1. The summed E-state index contributed by atoms with van der Waals surface area (Å²) in [5, 5.41) is 14.2. The van der Waals surface area contributed by atoms with Crippen molar-refractivity contribution in [3.63, 3.8) is 0 Å². The Bertz CT molecular complexity index is 817. The van der Waals surface area contributed by atoms with Crippen LogP contribution >= 0.6 is 0 Å². The lowest BCUT2D eigenvalue weighted by Crippen LogP contribution is -2.56. The van der Waals surface area contributed by atoms with Crippen molar-refractivity contribution in [1.82, 2.24) is 14.7 Å². The highest BCUT2D eigenvalue weighted by atomic mass is 16.4. The number of carboxylic acid groups (broad SMARTS) is 1. The lowest BCUT2D eigenvalue weighted by atomic mass is 9.80. The molecule has 0 atom stereocenters. The van der Waals surface area contributed by atoms with Crippen molar-refractivity contribution in [3.8, 4) is 5.69 Å². The fraction of sp³-hybridized carbons (Fsp3) is 0.450. The lowest BCUT2D eigenvalue weighted by Gasteiger charge is -2.41. The maximum Gasteiger partial charge on any atom is 0.329 e. The number of carboxylic acids is 1. The molecule has 6 heteroatoms. The van der Waals surface area contributed by atoms with Gasteiger partial charge in [-0.25, -0.2) is 9.48 Å². The Morgan fingerprint density at radius 3 is 2.23 bits per heavy atom. The van der Waals surface area contributed by atoms with Crippen LogP contribution in [0.4, 0.5) is 0 Å². The summed E-state index contributed by atoms with van der Waals surface area (Å²) in [5.41, 5.74) is 2.22. The third-order valence-corrected chi connectivity index (χ3v) is 5.39. The Labute approximate surface area is 153 Å². The summed E-state index contributed by atoms with van der Waals surface area (Å²) < 4.78 is 1.83. The van der Waals surface area contributed by atoms with Crippen molar-refractivity contribution < 1.29 is 14.7 Å². The van der Waals surface area contributed by atoms with E-state index in [2.05, 4.69) is 5.10 Å². The molecule has 1 heterocycles. The molecule has 3 rings (SSSR count). The number of aliphatic carboxylic acids is 1. The van der Waals surface area contributed by atoms with Gasteiger partial charge in [-0.2, -0.15) is 5.10 Å². The molecule has 1 fully saturated rings. The minimum Gasteiger partial charge on any atom is -0.479 e. The van der Waals surface area contributed by atoms with E-state index >= 15 is 0 Å². The number of likely N-dealkylation sites (N-methyl/N-ethyl adjacent to an activating group) is 1. The zero-order valence-corrected chi connectivity index (χ0v) is 15.5. The average molecular weight is 355 g/mol. The smallest absolute Gasteiger partial charge is 0.329 e. The van der Waals surface area contributed by atoms with Gasteiger partial charge >= 0.3 is 5.97 Å². The Kier molecular flexibility index (Phi) is 4.85. The van der Waals surface area contributed by atoms with Crippen molar-refractivity contribution >= 4 is 11.9 Å². The molecule has 1 aromatic heterocycles. The molecule has 0 saturated heterocycles. The van der Waals surface area contributed by atoms with E-state index in [0.717, 1.165) is 36.3 Å². The van der Waals surface area contributed by atoms with Crippen LogP contribution in [0.3, 0.4) is 0 Å². The highest BCUT2D eigenvalue weighted by Crippen LogP contribution is 2.34. The van der Waals surface area contributed by atoms with Crippen LogP contribution in [-0.4, -0.2) is 44.3 Å². The molecule has 2 aromatic rings. The number of carbonyl (C=O) groups excluding carboxylic acids is 1. The molecule has 1 aliphatic rings. The van der Waals surface area contributed by atoms with E-state index in [4.69, 9.17) is 0 Å². The Morgan fingerprint density at radius 2 is 1.73 bits per heavy atom. The number of aromatic nitrogens is 2. The second-order valence-electron chi connectivity index (χ2n) is 7.15. The molecule has 0 bridgehead atoms. The monoisotopic (exact) mass is 355 g/mol. The van der Waals surface area contributed by atoms with Gasteiger partial charge in [0.05, 0.1) is 11.4 Å². The molecule has 6 nitrogen and oxygen atoms in total. The third kappa shape index (κ3) is 3.11. The number of rotatable bonds is 4. The fourth-order valence-corrected chi connectivity index (χ4v) is 3.85. The second kappa shape index (κ2) is 6.94. The fourth-order valence-electron chi connectivity index (χ4n) is 3.85. The van der Waals surface area contributed by atoms with Crippen molar-refractivity contribution in [2.75, 3.05) is 7.05 Å². The van der Waals surface area contributed by atoms with Crippen molar-refractivity contribution in [1.29, 1.82) is 0 Å². The molecule has 26 heavy (non-hydrogen) atoms. The summed E-state index contributed by atoms with van der Waals surface area (Å²) in [7, 11) is 1.61. The zero-order chi connectivity index (χ0) is 18.9. The Balaban J connectivity index is 1.85. The number of amides is 1. The van der Waals surface area contributed by atoms with Crippen LogP contribution in [0.5, 0.6) is 0 Å². The van der Waals surface area contributed by atoms with Gasteiger partial charge in [-0.15, -0.1) is 0 Å². The first-order valence-electron chi connectivity index (χ1n) is 9.00. The molecular formula is C20H25N3O3. The standard InChI is InChI=1S/C20H25N3O3/c1-14-13-15(2)23(21-14)17-9-7-16(8-10-17)18(24)22(3)20(19(25)26)11-5-4-6-12-20/h7-10,13H,4-6,11-12H2,1-3H3,(H,25,26). The summed E-state index contributed by atoms with van der Waals surface area (Å²) in [6.07, 6.45) is 3.71. The topological polar surface area (TPSA) is 75.4 Å². The lowest BCUT2D eigenvalue weighted by molar-refractivity contribution is -0.151. The van der Waals surface area contributed by atoms with Gasteiger partial charge in [0.2, 0.25) is 0 Å². The van der Waals surface area contributed by atoms with Gasteiger partial charge in [0, 0.05) is 18.3 Å². The highest BCUT2D eigenvalue weighted by molar-refractivity contribution is 5.97. The van der Waals surface area contributed by atoms with Crippen molar-refractivity contribution in [2.24, 2.45) is 0 Å². The number of hydrogen-bond acceptors (Lipinski definition) is 3. The maximum absolute atomic E-state index is 12.9. The van der Waals surface area contributed by atoms with Crippen molar-refractivity contribution in [2.45, 2.75) is 51.5 Å². The summed E-state index contributed by atoms with van der Waals surface area (Å²) in [4.78, 5) is 26.3.